The number of sulfone groups is 1. The third-order valence-corrected chi connectivity index (χ3v) is 5.44. The second-order valence-corrected chi connectivity index (χ2v) is 8.88. The Hall–Kier alpha value is -0.440. The fraction of sp³-hybridized carbons (Fsp3) is 0.714. The molecule has 0 atom stereocenters. The van der Waals surface area contributed by atoms with Crippen LogP contribution < -0.4 is 5.32 Å². The Balaban J connectivity index is 2.39. The predicted molar refractivity (Wildman–Crippen MR) is 93.3 cm³/mol. The van der Waals surface area contributed by atoms with E-state index in [1.807, 2.05) is 0 Å². The van der Waals surface area contributed by atoms with Crippen LogP contribution in [0.2, 0.25) is 0 Å². The molecule has 1 aliphatic carbocycles. The second-order valence-electron chi connectivity index (χ2n) is 5.67. The summed E-state index contributed by atoms with van der Waals surface area (Å²) in [6.45, 7) is 2.92. The highest BCUT2D eigenvalue weighted by Crippen LogP contribution is 2.37. The lowest BCUT2D eigenvalue weighted by atomic mass is 10.0. The molecule has 118 valence electrons. The molecule has 1 aromatic heterocycles. The van der Waals surface area contributed by atoms with Crippen LogP contribution >= 0.6 is 22.6 Å². The topological polar surface area (TPSA) is 72.0 Å². The van der Waals surface area contributed by atoms with Crippen molar-refractivity contribution < 1.29 is 8.42 Å². The molecule has 1 aliphatic rings. The zero-order chi connectivity index (χ0) is 15.5. The van der Waals surface area contributed by atoms with Crippen molar-refractivity contribution in [2.24, 2.45) is 0 Å². The highest BCUT2D eigenvalue weighted by atomic mass is 127. The zero-order valence-electron chi connectivity index (χ0n) is 12.5. The van der Waals surface area contributed by atoms with Crippen molar-refractivity contribution >= 4 is 38.2 Å². The number of nitrogens with one attached hydrogen (secondary N) is 1. The molecular formula is C14H22IN3O2S. The molecule has 0 saturated heterocycles. The summed E-state index contributed by atoms with van der Waals surface area (Å²) in [5.41, 5.74) is 1.03. The first-order chi connectivity index (χ1) is 9.90. The minimum atomic E-state index is -3.12. The van der Waals surface area contributed by atoms with Crippen molar-refractivity contribution in [2.75, 3.05) is 18.1 Å². The van der Waals surface area contributed by atoms with E-state index in [0.29, 0.717) is 11.7 Å². The van der Waals surface area contributed by atoms with Crippen molar-refractivity contribution in [3.8, 4) is 0 Å². The fourth-order valence-electron chi connectivity index (χ4n) is 2.64. The molecule has 0 aliphatic heterocycles. The first kappa shape index (κ1) is 16.9. The van der Waals surface area contributed by atoms with Crippen molar-refractivity contribution in [1.82, 2.24) is 9.97 Å². The maximum atomic E-state index is 11.5. The molecule has 2 rings (SSSR count). The molecule has 1 saturated carbocycles. The number of rotatable bonds is 6. The summed E-state index contributed by atoms with van der Waals surface area (Å²) in [6, 6.07) is 0. The van der Waals surface area contributed by atoms with Crippen LogP contribution in [0.25, 0.3) is 0 Å². The summed E-state index contributed by atoms with van der Waals surface area (Å²) in [4.78, 5) is 8.99. The monoisotopic (exact) mass is 423 g/mol. The third-order valence-electron chi connectivity index (χ3n) is 3.60. The highest BCUT2D eigenvalue weighted by Gasteiger charge is 2.24. The predicted octanol–water partition coefficient (Wildman–Crippen LogP) is 3.11. The van der Waals surface area contributed by atoms with Crippen LogP contribution in [-0.4, -0.2) is 31.2 Å². The molecule has 1 fully saturated rings. The lowest BCUT2D eigenvalue weighted by molar-refractivity contribution is 0.598. The number of anilines is 1. The molecule has 0 unspecified atom stereocenters. The molecule has 1 N–H and O–H groups in total. The van der Waals surface area contributed by atoms with E-state index in [2.05, 4.69) is 44.8 Å². The van der Waals surface area contributed by atoms with Gasteiger partial charge in [0.1, 0.15) is 17.4 Å². The summed E-state index contributed by atoms with van der Waals surface area (Å²) in [5, 5.41) is 3.30. The number of aromatic nitrogens is 2. The first-order valence-electron chi connectivity index (χ1n) is 7.38. The number of hydrogen-bond donors (Lipinski definition) is 1. The third kappa shape index (κ3) is 4.77. The molecule has 0 aromatic carbocycles. The molecule has 21 heavy (non-hydrogen) atoms. The molecule has 5 nitrogen and oxygen atoms in total. The largest absolute Gasteiger partial charge is 0.369 e. The van der Waals surface area contributed by atoms with Crippen LogP contribution in [0.15, 0.2) is 0 Å². The Kier molecular flexibility index (Phi) is 5.81. The molecular weight excluding hydrogens is 401 g/mol. The van der Waals surface area contributed by atoms with Crippen LogP contribution in [0.5, 0.6) is 0 Å². The summed E-state index contributed by atoms with van der Waals surface area (Å²) >= 11 is 2.29. The average Bonchev–Trinajstić information content (AvgIpc) is 2.91. The maximum absolute atomic E-state index is 11.5. The summed E-state index contributed by atoms with van der Waals surface area (Å²) in [5.74, 6) is 1.55. The molecule has 0 radical (unpaired) electrons. The Bertz CT molecular complexity index is 598. The van der Waals surface area contributed by atoms with Gasteiger partial charge in [-0.2, -0.15) is 0 Å². The van der Waals surface area contributed by atoms with Crippen molar-refractivity contribution in [2.45, 2.75) is 50.7 Å². The molecule has 0 spiro atoms. The van der Waals surface area contributed by atoms with Crippen LogP contribution in [0.3, 0.4) is 0 Å². The van der Waals surface area contributed by atoms with Gasteiger partial charge >= 0.3 is 0 Å². The van der Waals surface area contributed by atoms with Crippen LogP contribution in [0, 0.1) is 3.57 Å². The average molecular weight is 423 g/mol. The van der Waals surface area contributed by atoms with Gasteiger partial charge in [0, 0.05) is 18.7 Å². The summed E-state index contributed by atoms with van der Waals surface area (Å²) in [6.07, 6.45) is 6.95. The van der Waals surface area contributed by atoms with Crippen LogP contribution in [0.1, 0.15) is 56.5 Å². The standard InChI is InChI=1S/C14H22IN3O2S/c1-3-8-16-14-12(15)13(10-6-4-5-7-10)17-11(18-14)9-21(2,19)20/h10H,3-9H2,1-2H3,(H,16,17,18). The van der Waals surface area contributed by atoms with E-state index in [9.17, 15) is 8.42 Å². The van der Waals surface area contributed by atoms with E-state index in [4.69, 9.17) is 0 Å². The van der Waals surface area contributed by atoms with E-state index in [0.717, 1.165) is 40.9 Å². The molecule has 7 heteroatoms. The Morgan fingerprint density at radius 1 is 1.29 bits per heavy atom. The quantitative estimate of drug-likeness (QED) is 0.712. The smallest absolute Gasteiger partial charge is 0.154 e. The molecule has 0 bridgehead atoms. The van der Waals surface area contributed by atoms with Crippen LogP contribution in [-0.2, 0) is 15.6 Å². The van der Waals surface area contributed by atoms with Gasteiger partial charge < -0.3 is 5.32 Å². The number of hydrogen-bond acceptors (Lipinski definition) is 5. The summed E-state index contributed by atoms with van der Waals surface area (Å²) < 4.78 is 24.1. The van der Waals surface area contributed by atoms with Crippen molar-refractivity contribution in [1.29, 1.82) is 0 Å². The molecule has 1 aromatic rings. The zero-order valence-corrected chi connectivity index (χ0v) is 15.5. The second kappa shape index (κ2) is 7.21. The van der Waals surface area contributed by atoms with Gasteiger partial charge in [0.15, 0.2) is 9.84 Å². The molecule has 0 amide bonds. The van der Waals surface area contributed by atoms with Gasteiger partial charge in [-0.25, -0.2) is 18.4 Å². The minimum Gasteiger partial charge on any atom is -0.369 e. The SMILES string of the molecule is CCCNc1nc(CS(C)(=O)=O)nc(C2CCCC2)c1I. The fourth-order valence-corrected chi connectivity index (χ4v) is 4.11. The number of halogens is 1. The van der Waals surface area contributed by atoms with Gasteiger partial charge in [0.05, 0.1) is 9.26 Å². The van der Waals surface area contributed by atoms with Gasteiger partial charge in [-0.1, -0.05) is 19.8 Å². The number of nitrogens with zero attached hydrogens (tertiary/aromatic N) is 2. The Morgan fingerprint density at radius 2 is 1.95 bits per heavy atom. The van der Waals surface area contributed by atoms with E-state index in [-0.39, 0.29) is 5.75 Å². The first-order valence-corrected chi connectivity index (χ1v) is 10.5. The minimum absolute atomic E-state index is 0.0928. The van der Waals surface area contributed by atoms with Gasteiger partial charge in [-0.05, 0) is 41.9 Å². The van der Waals surface area contributed by atoms with Crippen molar-refractivity contribution in [3.63, 3.8) is 0 Å². The van der Waals surface area contributed by atoms with Crippen molar-refractivity contribution in [3.05, 3.63) is 15.1 Å². The highest BCUT2D eigenvalue weighted by molar-refractivity contribution is 14.1. The van der Waals surface area contributed by atoms with E-state index < -0.39 is 9.84 Å². The lowest BCUT2D eigenvalue weighted by Gasteiger charge is -2.16. The van der Waals surface area contributed by atoms with E-state index in [1.54, 1.807) is 0 Å². The van der Waals surface area contributed by atoms with Gasteiger partial charge in [0.2, 0.25) is 0 Å². The van der Waals surface area contributed by atoms with E-state index >= 15 is 0 Å². The lowest BCUT2D eigenvalue weighted by Crippen LogP contribution is -2.14. The molecule has 1 heterocycles. The normalized spacial score (nSPS) is 16.3. The van der Waals surface area contributed by atoms with Gasteiger partial charge in [-0.3, -0.25) is 0 Å². The Labute approximate surface area is 140 Å². The maximum Gasteiger partial charge on any atom is 0.154 e. The van der Waals surface area contributed by atoms with Gasteiger partial charge in [0.25, 0.3) is 0 Å². The summed E-state index contributed by atoms with van der Waals surface area (Å²) in [7, 11) is -3.12. The Morgan fingerprint density at radius 3 is 2.52 bits per heavy atom. The van der Waals surface area contributed by atoms with Crippen LogP contribution in [0.4, 0.5) is 5.82 Å². The van der Waals surface area contributed by atoms with E-state index in [1.165, 1.54) is 19.1 Å². The van der Waals surface area contributed by atoms with Gasteiger partial charge in [-0.15, -0.1) is 0 Å².